The Balaban J connectivity index is 2.67. The zero-order chi connectivity index (χ0) is 16.8. The van der Waals surface area contributed by atoms with E-state index in [9.17, 15) is 14.2 Å². The maximum atomic E-state index is 11.2. The number of carboxylic acids is 2. The molecule has 0 aliphatic rings. The number of hydrogen-bond donors (Lipinski definition) is 3. The average Bonchev–Trinajstić information content (AvgIpc) is 2.43. The summed E-state index contributed by atoms with van der Waals surface area (Å²) in [4.78, 5) is 30.9. The molecule has 122 valence electrons. The fourth-order valence-electron chi connectivity index (χ4n) is 1.44. The van der Waals surface area contributed by atoms with Crippen LogP contribution < -0.4 is 4.74 Å². The van der Waals surface area contributed by atoms with E-state index < -0.39 is 19.8 Å². The molecule has 0 amide bonds. The highest BCUT2D eigenvalue weighted by molar-refractivity contribution is 7.47. The summed E-state index contributed by atoms with van der Waals surface area (Å²) in [5, 5.41) is 17.8. The molecule has 0 aliphatic carbocycles. The van der Waals surface area contributed by atoms with E-state index in [-0.39, 0.29) is 36.7 Å². The number of aromatic carboxylic acids is 2. The lowest BCUT2D eigenvalue weighted by molar-refractivity contribution is 0.0696. The van der Waals surface area contributed by atoms with Crippen LogP contribution in [-0.2, 0) is 13.6 Å². The van der Waals surface area contributed by atoms with Crippen molar-refractivity contribution in [1.29, 1.82) is 0 Å². The van der Waals surface area contributed by atoms with Gasteiger partial charge < -0.3 is 19.8 Å². The molecule has 0 radical (unpaired) electrons. The number of phosphoric acid groups is 1. The predicted octanol–water partition coefficient (Wildman–Crippen LogP) is 1.62. The summed E-state index contributed by atoms with van der Waals surface area (Å²) in [5.41, 5.74) is -0.504. The van der Waals surface area contributed by atoms with Crippen molar-refractivity contribution >= 4 is 19.8 Å². The van der Waals surface area contributed by atoms with Crippen molar-refractivity contribution in [3.63, 3.8) is 0 Å². The maximum absolute atomic E-state index is 11.2. The van der Waals surface area contributed by atoms with Crippen molar-refractivity contribution in [3.05, 3.63) is 29.3 Å². The second-order valence-corrected chi connectivity index (χ2v) is 5.38. The fourth-order valence-corrected chi connectivity index (χ4v) is 2.15. The lowest BCUT2D eigenvalue weighted by atomic mass is 10.1. The summed E-state index contributed by atoms with van der Waals surface area (Å²) in [6.45, 7) is 1.03. The van der Waals surface area contributed by atoms with Crippen molar-refractivity contribution in [3.8, 4) is 5.75 Å². The van der Waals surface area contributed by atoms with Crippen molar-refractivity contribution in [2.45, 2.75) is 6.92 Å². The van der Waals surface area contributed by atoms with E-state index in [0.29, 0.717) is 0 Å². The lowest BCUT2D eigenvalue weighted by Gasteiger charge is -2.12. The smallest absolute Gasteiger partial charge is 0.472 e. The summed E-state index contributed by atoms with van der Waals surface area (Å²) in [7, 11) is -4.13. The van der Waals surface area contributed by atoms with E-state index in [1.54, 1.807) is 0 Å². The van der Waals surface area contributed by atoms with Crippen LogP contribution in [0.15, 0.2) is 18.2 Å². The highest BCUT2D eigenvalue weighted by Crippen LogP contribution is 2.42. The molecular weight excluding hydrogens is 319 g/mol. The Labute approximate surface area is 125 Å². The molecule has 0 spiro atoms. The molecule has 1 unspecified atom stereocenters. The third-order valence-corrected chi connectivity index (χ3v) is 3.39. The molecular formula is C12H15O9P. The van der Waals surface area contributed by atoms with Gasteiger partial charge in [-0.15, -0.1) is 0 Å². The molecule has 0 aromatic heterocycles. The molecule has 1 atom stereocenters. The predicted molar refractivity (Wildman–Crippen MR) is 73.3 cm³/mol. The van der Waals surface area contributed by atoms with Gasteiger partial charge in [0.05, 0.1) is 24.3 Å². The third-order valence-electron chi connectivity index (χ3n) is 2.30. The van der Waals surface area contributed by atoms with Crippen molar-refractivity contribution in [2.24, 2.45) is 0 Å². The first-order valence-electron chi connectivity index (χ1n) is 6.11. The number of carbonyl (C=O) groups is 2. The first-order chi connectivity index (χ1) is 10.2. The van der Waals surface area contributed by atoms with E-state index >= 15 is 0 Å². The van der Waals surface area contributed by atoms with Gasteiger partial charge in [0.2, 0.25) is 0 Å². The van der Waals surface area contributed by atoms with Gasteiger partial charge in [0.1, 0.15) is 12.4 Å². The van der Waals surface area contributed by atoms with Gasteiger partial charge in [-0.3, -0.25) is 9.05 Å². The Morgan fingerprint density at radius 2 is 1.59 bits per heavy atom. The summed E-state index contributed by atoms with van der Waals surface area (Å²) in [6.07, 6.45) is 0. The van der Waals surface area contributed by atoms with E-state index in [2.05, 4.69) is 9.05 Å². The van der Waals surface area contributed by atoms with E-state index in [0.717, 1.165) is 18.2 Å². The van der Waals surface area contributed by atoms with Crippen molar-refractivity contribution < 1.29 is 43.0 Å². The Bertz CT molecular complexity index is 566. The summed E-state index contributed by atoms with van der Waals surface area (Å²) in [6, 6.07) is 3.26. The normalized spacial score (nSPS) is 13.4. The van der Waals surface area contributed by atoms with Gasteiger partial charge in [0.25, 0.3) is 0 Å². The molecule has 3 N–H and O–H groups in total. The SMILES string of the molecule is CCOP(=O)(O)OCCOc1cc(C(=O)O)cc(C(=O)O)c1. The molecule has 1 aromatic rings. The summed E-state index contributed by atoms with van der Waals surface area (Å²) >= 11 is 0. The van der Waals surface area contributed by atoms with Gasteiger partial charge in [0.15, 0.2) is 0 Å². The molecule has 1 rings (SSSR count). The van der Waals surface area contributed by atoms with Crippen LogP contribution in [0.25, 0.3) is 0 Å². The average molecular weight is 334 g/mol. The molecule has 0 fully saturated rings. The number of hydrogen-bond acceptors (Lipinski definition) is 6. The van der Waals surface area contributed by atoms with Crippen LogP contribution in [0.3, 0.4) is 0 Å². The minimum absolute atomic E-state index is 0.00271. The Kier molecular flexibility index (Phi) is 6.51. The van der Waals surface area contributed by atoms with Crippen LogP contribution in [0.4, 0.5) is 0 Å². The Morgan fingerprint density at radius 3 is 2.05 bits per heavy atom. The lowest BCUT2D eigenvalue weighted by Crippen LogP contribution is -2.09. The van der Waals surface area contributed by atoms with Gasteiger partial charge in [0, 0.05) is 0 Å². The Morgan fingerprint density at radius 1 is 1.05 bits per heavy atom. The number of phosphoric ester groups is 1. The Hall–Kier alpha value is -1.93. The standard InChI is InChI=1S/C12H15O9P/c1-2-20-22(17,18)21-4-3-19-10-6-8(11(13)14)5-9(7-10)12(15)16/h5-7H,2-4H2,1H3,(H,13,14)(H,15,16)(H,17,18). The summed E-state index contributed by atoms with van der Waals surface area (Å²) in [5.74, 6) is -2.62. The zero-order valence-corrected chi connectivity index (χ0v) is 12.5. The molecule has 0 saturated heterocycles. The number of benzene rings is 1. The topological polar surface area (TPSA) is 140 Å². The molecule has 0 aliphatic heterocycles. The van der Waals surface area contributed by atoms with Crippen LogP contribution in [0.2, 0.25) is 0 Å². The van der Waals surface area contributed by atoms with E-state index in [1.165, 1.54) is 6.92 Å². The van der Waals surface area contributed by atoms with Crippen molar-refractivity contribution in [1.82, 2.24) is 0 Å². The zero-order valence-electron chi connectivity index (χ0n) is 11.6. The molecule has 0 bridgehead atoms. The second kappa shape index (κ2) is 7.90. The number of rotatable bonds is 9. The number of carboxylic acid groups (broad SMARTS) is 2. The van der Waals surface area contributed by atoms with Crippen LogP contribution in [0.1, 0.15) is 27.6 Å². The molecule has 9 nitrogen and oxygen atoms in total. The minimum Gasteiger partial charge on any atom is -0.491 e. The van der Waals surface area contributed by atoms with Crippen LogP contribution in [0.5, 0.6) is 5.75 Å². The monoisotopic (exact) mass is 334 g/mol. The maximum Gasteiger partial charge on any atom is 0.472 e. The van der Waals surface area contributed by atoms with Crippen molar-refractivity contribution in [2.75, 3.05) is 19.8 Å². The largest absolute Gasteiger partial charge is 0.491 e. The van der Waals surface area contributed by atoms with Crippen LogP contribution >= 0.6 is 7.82 Å². The van der Waals surface area contributed by atoms with Crippen LogP contribution in [-0.4, -0.2) is 46.9 Å². The highest BCUT2D eigenvalue weighted by Gasteiger charge is 2.19. The molecule has 22 heavy (non-hydrogen) atoms. The molecule has 0 saturated carbocycles. The first kappa shape index (κ1) is 18.1. The van der Waals surface area contributed by atoms with E-state index in [1.807, 2.05) is 0 Å². The molecule has 10 heteroatoms. The van der Waals surface area contributed by atoms with Gasteiger partial charge >= 0.3 is 19.8 Å². The minimum atomic E-state index is -4.13. The van der Waals surface area contributed by atoms with Gasteiger partial charge in [-0.2, -0.15) is 0 Å². The number of ether oxygens (including phenoxy) is 1. The first-order valence-corrected chi connectivity index (χ1v) is 7.61. The summed E-state index contributed by atoms with van der Waals surface area (Å²) < 4.78 is 25.4. The van der Waals surface area contributed by atoms with E-state index in [4.69, 9.17) is 19.8 Å². The van der Waals surface area contributed by atoms with Gasteiger partial charge in [-0.05, 0) is 25.1 Å². The van der Waals surface area contributed by atoms with Gasteiger partial charge in [-0.1, -0.05) is 0 Å². The molecule has 0 heterocycles. The second-order valence-electron chi connectivity index (χ2n) is 3.92. The van der Waals surface area contributed by atoms with Crippen LogP contribution in [0, 0.1) is 0 Å². The quantitative estimate of drug-likeness (QED) is 0.454. The van der Waals surface area contributed by atoms with Gasteiger partial charge in [-0.25, -0.2) is 14.2 Å². The highest BCUT2D eigenvalue weighted by atomic mass is 31.2. The third kappa shape index (κ3) is 5.82. The fraction of sp³-hybridized carbons (Fsp3) is 0.333. The molecule has 1 aromatic carbocycles.